The lowest BCUT2D eigenvalue weighted by Gasteiger charge is -2.12. The Labute approximate surface area is 111 Å². The highest BCUT2D eigenvalue weighted by Gasteiger charge is 2.23. The lowest BCUT2D eigenvalue weighted by atomic mass is 9.95. The molecule has 3 nitrogen and oxygen atoms in total. The van der Waals surface area contributed by atoms with Gasteiger partial charge in [-0.25, -0.2) is 0 Å². The first-order chi connectivity index (χ1) is 8.65. The number of rotatable bonds is 4. The van der Waals surface area contributed by atoms with E-state index in [1.807, 2.05) is 44.2 Å². The van der Waals surface area contributed by atoms with Gasteiger partial charge in [0.2, 0.25) is 0 Å². The van der Waals surface area contributed by atoms with Crippen molar-refractivity contribution in [3.63, 3.8) is 0 Å². The van der Waals surface area contributed by atoms with Crippen LogP contribution in [0, 0.1) is 0 Å². The van der Waals surface area contributed by atoms with Crippen molar-refractivity contribution in [3.8, 4) is 0 Å². The van der Waals surface area contributed by atoms with Crippen molar-refractivity contribution >= 4 is 17.4 Å². The second-order valence-corrected chi connectivity index (χ2v) is 4.56. The molecule has 0 amide bonds. The number of nitrogens with zero attached hydrogens (tertiary/aromatic N) is 2. The van der Waals surface area contributed by atoms with E-state index in [9.17, 15) is 4.79 Å². The predicted molar refractivity (Wildman–Crippen MR) is 72.1 cm³/mol. The first-order valence-corrected chi connectivity index (χ1v) is 6.33. The number of aryl methyl sites for hydroxylation is 1. The van der Waals surface area contributed by atoms with E-state index in [0.717, 1.165) is 5.56 Å². The number of hydrogen-bond donors (Lipinski definition) is 0. The van der Waals surface area contributed by atoms with E-state index in [1.165, 1.54) is 6.20 Å². The Bertz CT molecular complexity index is 548. The highest BCUT2D eigenvalue weighted by molar-refractivity contribution is 6.33. The molecule has 0 aliphatic carbocycles. The molecule has 2 aromatic rings. The molecule has 1 heterocycles. The Balaban J connectivity index is 2.34. The summed E-state index contributed by atoms with van der Waals surface area (Å²) in [5.74, 6) is -0.212. The van der Waals surface area contributed by atoms with Crippen LogP contribution in [0.3, 0.4) is 0 Å². The Morgan fingerprint density at radius 2 is 2.06 bits per heavy atom. The van der Waals surface area contributed by atoms with E-state index in [2.05, 4.69) is 5.10 Å². The predicted octanol–water partition coefficient (Wildman–Crippen LogP) is 3.54. The van der Waals surface area contributed by atoms with Crippen LogP contribution in [-0.4, -0.2) is 15.6 Å². The summed E-state index contributed by atoms with van der Waals surface area (Å²) in [4.78, 5) is 12.5. The number of ketones is 1. The molecule has 0 aliphatic heterocycles. The summed E-state index contributed by atoms with van der Waals surface area (Å²) in [6.45, 7) is 4.46. The normalized spacial score (nSPS) is 12.4. The Morgan fingerprint density at radius 3 is 2.67 bits per heavy atom. The zero-order valence-electron chi connectivity index (χ0n) is 10.4. The van der Waals surface area contributed by atoms with Crippen molar-refractivity contribution in [3.05, 3.63) is 52.8 Å². The van der Waals surface area contributed by atoms with Gasteiger partial charge >= 0.3 is 0 Å². The van der Waals surface area contributed by atoms with Crippen LogP contribution in [0.5, 0.6) is 0 Å². The van der Waals surface area contributed by atoms with Crippen molar-refractivity contribution in [1.29, 1.82) is 0 Å². The average molecular weight is 263 g/mol. The van der Waals surface area contributed by atoms with Gasteiger partial charge in [-0.15, -0.1) is 0 Å². The van der Waals surface area contributed by atoms with Gasteiger partial charge in [-0.1, -0.05) is 48.9 Å². The molecule has 1 aromatic carbocycles. The van der Waals surface area contributed by atoms with Crippen LogP contribution in [0.1, 0.15) is 35.8 Å². The molecule has 18 heavy (non-hydrogen) atoms. The second kappa shape index (κ2) is 5.36. The van der Waals surface area contributed by atoms with Crippen LogP contribution < -0.4 is 0 Å². The first-order valence-electron chi connectivity index (χ1n) is 5.95. The van der Waals surface area contributed by atoms with Crippen LogP contribution in [0.15, 0.2) is 36.5 Å². The monoisotopic (exact) mass is 262 g/mol. The molecule has 1 atom stereocenters. The van der Waals surface area contributed by atoms with Gasteiger partial charge in [0.25, 0.3) is 0 Å². The number of carbonyl (C=O) groups excluding carboxylic acids is 1. The van der Waals surface area contributed by atoms with Crippen molar-refractivity contribution < 1.29 is 4.79 Å². The number of benzene rings is 1. The standard InChI is InChI=1S/C14H15ClN2O/c1-3-17-13(12(15)9-16-17)14(18)10(2)11-7-5-4-6-8-11/h4-10H,3H2,1-2H3. The molecule has 0 aliphatic rings. The zero-order valence-corrected chi connectivity index (χ0v) is 11.2. The summed E-state index contributed by atoms with van der Waals surface area (Å²) >= 11 is 6.05. The number of carbonyl (C=O) groups is 1. The maximum Gasteiger partial charge on any atom is 0.189 e. The van der Waals surface area contributed by atoms with Crippen LogP contribution in [0.2, 0.25) is 5.02 Å². The zero-order chi connectivity index (χ0) is 13.1. The largest absolute Gasteiger partial charge is 0.292 e. The van der Waals surface area contributed by atoms with E-state index in [4.69, 9.17) is 11.6 Å². The van der Waals surface area contributed by atoms with Gasteiger partial charge in [0.05, 0.1) is 11.2 Å². The summed E-state index contributed by atoms with van der Waals surface area (Å²) in [6.07, 6.45) is 1.52. The fraction of sp³-hybridized carbons (Fsp3) is 0.286. The molecule has 0 radical (unpaired) electrons. The van der Waals surface area contributed by atoms with Gasteiger partial charge in [-0.3, -0.25) is 9.48 Å². The third-order valence-corrected chi connectivity index (χ3v) is 3.30. The van der Waals surface area contributed by atoms with Gasteiger partial charge in [-0.05, 0) is 12.5 Å². The molecule has 0 saturated carbocycles. The van der Waals surface area contributed by atoms with Crippen molar-refractivity contribution in [2.45, 2.75) is 26.3 Å². The minimum Gasteiger partial charge on any atom is -0.292 e. The van der Waals surface area contributed by atoms with Crippen molar-refractivity contribution in [2.75, 3.05) is 0 Å². The van der Waals surface area contributed by atoms with Gasteiger partial charge < -0.3 is 0 Å². The van der Waals surface area contributed by atoms with E-state index >= 15 is 0 Å². The van der Waals surface area contributed by atoms with Crippen LogP contribution in [0.4, 0.5) is 0 Å². The van der Waals surface area contributed by atoms with Crippen LogP contribution in [0.25, 0.3) is 0 Å². The van der Waals surface area contributed by atoms with Crippen LogP contribution in [-0.2, 0) is 6.54 Å². The molecule has 0 bridgehead atoms. The molecule has 1 unspecified atom stereocenters. The Hall–Kier alpha value is -1.61. The van der Waals surface area contributed by atoms with Gasteiger partial charge in [0, 0.05) is 12.5 Å². The molecule has 1 aromatic heterocycles. The molecular weight excluding hydrogens is 248 g/mol. The third-order valence-electron chi connectivity index (χ3n) is 3.02. The average Bonchev–Trinajstić information content (AvgIpc) is 2.79. The number of aromatic nitrogens is 2. The highest BCUT2D eigenvalue weighted by Crippen LogP contribution is 2.24. The molecule has 0 saturated heterocycles. The van der Waals surface area contributed by atoms with E-state index in [1.54, 1.807) is 4.68 Å². The topological polar surface area (TPSA) is 34.9 Å². The number of halogens is 1. The molecule has 94 valence electrons. The SMILES string of the molecule is CCn1ncc(Cl)c1C(=O)C(C)c1ccccc1. The Morgan fingerprint density at radius 1 is 1.39 bits per heavy atom. The molecular formula is C14H15ClN2O. The Kier molecular flexibility index (Phi) is 3.82. The highest BCUT2D eigenvalue weighted by atomic mass is 35.5. The maximum atomic E-state index is 12.5. The quantitative estimate of drug-likeness (QED) is 0.790. The fourth-order valence-electron chi connectivity index (χ4n) is 1.95. The smallest absolute Gasteiger partial charge is 0.189 e. The second-order valence-electron chi connectivity index (χ2n) is 4.15. The molecule has 4 heteroatoms. The summed E-state index contributed by atoms with van der Waals surface area (Å²) in [6, 6.07) is 9.69. The summed E-state index contributed by atoms with van der Waals surface area (Å²) in [7, 11) is 0. The number of hydrogen-bond acceptors (Lipinski definition) is 2. The first kappa shape index (κ1) is 12.8. The van der Waals surface area contributed by atoms with E-state index in [0.29, 0.717) is 17.3 Å². The minimum atomic E-state index is -0.217. The summed E-state index contributed by atoms with van der Waals surface area (Å²) < 4.78 is 1.64. The summed E-state index contributed by atoms with van der Waals surface area (Å²) in [5, 5.41) is 4.52. The minimum absolute atomic E-state index is 0.00514. The lowest BCUT2D eigenvalue weighted by molar-refractivity contribution is 0.0955. The maximum absolute atomic E-state index is 12.5. The van der Waals surface area contributed by atoms with Gasteiger partial charge in [0.1, 0.15) is 5.69 Å². The van der Waals surface area contributed by atoms with Crippen molar-refractivity contribution in [1.82, 2.24) is 9.78 Å². The molecule has 0 spiro atoms. The summed E-state index contributed by atoms with van der Waals surface area (Å²) in [5.41, 5.74) is 1.48. The fourth-order valence-corrected chi connectivity index (χ4v) is 2.18. The van der Waals surface area contributed by atoms with Crippen LogP contribution >= 0.6 is 11.6 Å². The molecule has 0 N–H and O–H groups in total. The lowest BCUT2D eigenvalue weighted by Crippen LogP contribution is -2.15. The molecule has 0 fully saturated rings. The van der Waals surface area contributed by atoms with E-state index in [-0.39, 0.29) is 11.7 Å². The van der Waals surface area contributed by atoms with E-state index < -0.39 is 0 Å². The van der Waals surface area contributed by atoms with Gasteiger partial charge in [0.15, 0.2) is 5.78 Å². The number of Topliss-reactive ketones (excluding diaryl/α,β-unsaturated/α-hetero) is 1. The third kappa shape index (κ3) is 2.31. The van der Waals surface area contributed by atoms with Crippen molar-refractivity contribution in [2.24, 2.45) is 0 Å². The van der Waals surface area contributed by atoms with Gasteiger partial charge in [-0.2, -0.15) is 5.10 Å². The molecule has 2 rings (SSSR count).